The molecule has 37 heavy (non-hydrogen) atoms. The summed E-state index contributed by atoms with van der Waals surface area (Å²) < 4.78 is 21.6. The number of ketones is 1. The van der Waals surface area contributed by atoms with E-state index in [-0.39, 0.29) is 18.4 Å². The van der Waals surface area contributed by atoms with Crippen LogP contribution in [0.4, 0.5) is 0 Å². The monoisotopic (exact) mass is 522 g/mol. The van der Waals surface area contributed by atoms with Gasteiger partial charge in [0.1, 0.15) is 6.04 Å². The smallest absolute Gasteiger partial charge is 0.245 e. The number of aliphatic hydroxyl groups excluding tert-OH is 2. The van der Waals surface area contributed by atoms with Gasteiger partial charge in [0.25, 0.3) is 0 Å². The van der Waals surface area contributed by atoms with Crippen molar-refractivity contribution in [2.45, 2.75) is 57.2 Å². The number of hydrogen-bond acceptors (Lipinski definition) is 9. The van der Waals surface area contributed by atoms with Gasteiger partial charge in [-0.05, 0) is 43.2 Å². The summed E-state index contributed by atoms with van der Waals surface area (Å²) in [6.45, 7) is 2.79. The molecule has 3 unspecified atom stereocenters. The molecular weight excluding hydrogens is 484 g/mol. The van der Waals surface area contributed by atoms with Crippen LogP contribution in [0.2, 0.25) is 0 Å². The van der Waals surface area contributed by atoms with Crippen molar-refractivity contribution < 1.29 is 43.5 Å². The summed E-state index contributed by atoms with van der Waals surface area (Å²) in [5.74, 6) is -0.275. The van der Waals surface area contributed by atoms with Crippen LogP contribution in [0, 0.1) is 11.8 Å². The van der Waals surface area contributed by atoms with Gasteiger partial charge in [-0.1, -0.05) is 13.8 Å². The Kier molecular flexibility index (Phi) is 9.38. The second-order valence-electron chi connectivity index (χ2n) is 9.96. The van der Waals surface area contributed by atoms with Gasteiger partial charge in [-0.2, -0.15) is 0 Å². The van der Waals surface area contributed by atoms with Gasteiger partial charge in [0, 0.05) is 11.5 Å². The summed E-state index contributed by atoms with van der Waals surface area (Å²) in [7, 11) is 4.61. The molecule has 1 aliphatic heterocycles. The number of benzene rings is 1. The molecule has 206 valence electrons. The van der Waals surface area contributed by atoms with E-state index in [1.165, 1.54) is 14.2 Å². The van der Waals surface area contributed by atoms with Crippen molar-refractivity contribution in [2.24, 2.45) is 11.8 Å². The lowest BCUT2D eigenvalue weighted by molar-refractivity contribution is -0.135. The number of Topliss-reactive ketones (excluding diaryl/α,β-unsaturated/α-hetero) is 1. The number of carbonyl (C=O) groups is 3. The SMILES string of the molecule is COc1cc2c(c(OC)c1OC)CCC(C(=O)N[C@@H](CO)C(=O)NC(CC(C)C)C(=O)C1(CO)CO1)C2. The molecule has 2 amide bonds. The molecule has 0 spiro atoms. The molecule has 1 aromatic rings. The van der Waals surface area contributed by atoms with E-state index in [4.69, 9.17) is 18.9 Å². The van der Waals surface area contributed by atoms with Crippen LogP contribution >= 0.6 is 0 Å². The standard InChI is InChI=1S/C26H38N2O9/c1-14(2)8-18(23(31)26(12-30)13-37-26)27-25(33)19(11-29)28-24(32)15-6-7-17-16(9-15)10-20(34-3)22(36-5)21(17)35-4/h10,14-15,18-19,29-30H,6-9,11-13H2,1-5H3,(H,27,33)(H,28,32)/t15?,18?,19-,26?/m0/s1. The van der Waals surface area contributed by atoms with E-state index in [9.17, 15) is 24.6 Å². The van der Waals surface area contributed by atoms with Crippen molar-refractivity contribution in [2.75, 3.05) is 41.2 Å². The maximum absolute atomic E-state index is 13.1. The van der Waals surface area contributed by atoms with Crippen molar-refractivity contribution in [3.05, 3.63) is 17.2 Å². The molecule has 2 aliphatic rings. The third-order valence-corrected chi connectivity index (χ3v) is 6.96. The Balaban J connectivity index is 1.70. The van der Waals surface area contributed by atoms with Crippen LogP contribution in [-0.4, -0.2) is 86.6 Å². The molecule has 0 radical (unpaired) electrons. The van der Waals surface area contributed by atoms with Crippen LogP contribution in [-0.2, 0) is 32.0 Å². The van der Waals surface area contributed by atoms with Gasteiger partial charge in [-0.3, -0.25) is 14.4 Å². The number of carbonyl (C=O) groups excluding carboxylic acids is 3. The molecule has 1 heterocycles. The number of nitrogens with one attached hydrogen (secondary N) is 2. The molecule has 1 aromatic carbocycles. The third kappa shape index (κ3) is 6.16. The van der Waals surface area contributed by atoms with Crippen LogP contribution in [0.5, 0.6) is 17.2 Å². The molecular formula is C26H38N2O9. The van der Waals surface area contributed by atoms with Crippen LogP contribution in [0.3, 0.4) is 0 Å². The predicted octanol–water partition coefficient (Wildman–Crippen LogP) is 0.156. The van der Waals surface area contributed by atoms with Crippen molar-refractivity contribution in [3.63, 3.8) is 0 Å². The van der Waals surface area contributed by atoms with Gasteiger partial charge in [0.2, 0.25) is 17.6 Å². The van der Waals surface area contributed by atoms with E-state index >= 15 is 0 Å². The number of fused-ring (bicyclic) bond motifs is 1. The first-order valence-corrected chi connectivity index (χ1v) is 12.5. The van der Waals surface area contributed by atoms with E-state index in [1.54, 1.807) is 7.11 Å². The summed E-state index contributed by atoms with van der Waals surface area (Å²) in [6, 6.07) is -0.322. The zero-order valence-electron chi connectivity index (χ0n) is 22.1. The highest BCUT2D eigenvalue weighted by atomic mass is 16.6. The molecule has 1 aliphatic carbocycles. The molecule has 3 rings (SSSR count). The lowest BCUT2D eigenvalue weighted by atomic mass is 9.82. The maximum Gasteiger partial charge on any atom is 0.245 e. The average molecular weight is 523 g/mol. The number of aliphatic hydroxyl groups is 2. The van der Waals surface area contributed by atoms with Crippen molar-refractivity contribution in [3.8, 4) is 17.2 Å². The van der Waals surface area contributed by atoms with E-state index in [1.807, 2.05) is 19.9 Å². The van der Waals surface area contributed by atoms with Crippen LogP contribution < -0.4 is 24.8 Å². The number of hydrogen-bond donors (Lipinski definition) is 4. The van der Waals surface area contributed by atoms with Crippen LogP contribution in [0.1, 0.15) is 37.8 Å². The fourth-order valence-corrected chi connectivity index (χ4v) is 4.81. The second-order valence-corrected chi connectivity index (χ2v) is 9.96. The number of rotatable bonds is 13. The molecule has 4 atom stereocenters. The van der Waals surface area contributed by atoms with Gasteiger partial charge in [-0.15, -0.1) is 0 Å². The Morgan fingerprint density at radius 2 is 1.76 bits per heavy atom. The summed E-state index contributed by atoms with van der Waals surface area (Å²) in [5.41, 5.74) is 0.536. The number of ether oxygens (including phenoxy) is 4. The summed E-state index contributed by atoms with van der Waals surface area (Å²) in [4.78, 5) is 39.0. The summed E-state index contributed by atoms with van der Waals surface area (Å²) >= 11 is 0. The van der Waals surface area contributed by atoms with Crippen molar-refractivity contribution in [1.82, 2.24) is 10.6 Å². The Morgan fingerprint density at radius 3 is 2.27 bits per heavy atom. The Labute approximate surface area is 216 Å². The average Bonchev–Trinajstić information content (AvgIpc) is 3.70. The highest BCUT2D eigenvalue weighted by molar-refractivity contribution is 5.98. The quantitative estimate of drug-likeness (QED) is 0.265. The Morgan fingerprint density at radius 1 is 1.08 bits per heavy atom. The highest BCUT2D eigenvalue weighted by Crippen LogP contribution is 2.45. The first-order chi connectivity index (χ1) is 17.6. The van der Waals surface area contributed by atoms with Gasteiger partial charge in [0.15, 0.2) is 22.9 Å². The maximum atomic E-state index is 13.1. The molecule has 1 saturated heterocycles. The van der Waals surface area contributed by atoms with Gasteiger partial charge >= 0.3 is 0 Å². The molecule has 0 aromatic heterocycles. The van der Waals surface area contributed by atoms with Gasteiger partial charge in [-0.25, -0.2) is 0 Å². The molecule has 11 nitrogen and oxygen atoms in total. The fraction of sp³-hybridized carbons (Fsp3) is 0.654. The molecule has 0 bridgehead atoms. The molecule has 1 fully saturated rings. The summed E-state index contributed by atoms with van der Waals surface area (Å²) in [5, 5.41) is 24.7. The predicted molar refractivity (Wildman–Crippen MR) is 133 cm³/mol. The minimum atomic E-state index is -1.29. The number of methoxy groups -OCH3 is 3. The molecule has 0 saturated carbocycles. The molecule has 11 heteroatoms. The molecule has 4 N–H and O–H groups in total. The Bertz CT molecular complexity index is 1010. The normalized spacial score (nSPS) is 21.9. The third-order valence-electron chi connectivity index (χ3n) is 6.96. The van der Waals surface area contributed by atoms with Crippen molar-refractivity contribution >= 4 is 17.6 Å². The van der Waals surface area contributed by atoms with Crippen LogP contribution in [0.25, 0.3) is 0 Å². The minimum Gasteiger partial charge on any atom is -0.493 e. The Hall–Kier alpha value is -2.89. The lowest BCUT2D eigenvalue weighted by Crippen LogP contribution is -2.56. The largest absolute Gasteiger partial charge is 0.493 e. The number of epoxide rings is 1. The number of amides is 2. The fourth-order valence-electron chi connectivity index (χ4n) is 4.81. The van der Waals surface area contributed by atoms with E-state index in [0.29, 0.717) is 42.9 Å². The van der Waals surface area contributed by atoms with Crippen molar-refractivity contribution in [1.29, 1.82) is 0 Å². The lowest BCUT2D eigenvalue weighted by Gasteiger charge is -2.29. The zero-order valence-corrected chi connectivity index (χ0v) is 22.1. The summed E-state index contributed by atoms with van der Waals surface area (Å²) in [6.07, 6.45) is 1.78. The van der Waals surface area contributed by atoms with E-state index in [2.05, 4.69) is 10.6 Å². The van der Waals surface area contributed by atoms with E-state index in [0.717, 1.165) is 11.1 Å². The topological polar surface area (TPSA) is 156 Å². The van der Waals surface area contributed by atoms with E-state index < -0.39 is 48.5 Å². The van der Waals surface area contributed by atoms with Gasteiger partial charge in [0.05, 0.1) is 47.2 Å². The van der Waals surface area contributed by atoms with Gasteiger partial charge < -0.3 is 39.8 Å². The minimum absolute atomic E-state index is 0.0702. The zero-order chi connectivity index (χ0) is 27.3. The first-order valence-electron chi connectivity index (χ1n) is 12.5. The van der Waals surface area contributed by atoms with Crippen LogP contribution in [0.15, 0.2) is 6.07 Å². The first kappa shape index (κ1) is 28.7. The second kappa shape index (κ2) is 12.1. The highest BCUT2D eigenvalue weighted by Gasteiger charge is 2.54.